The van der Waals surface area contributed by atoms with Gasteiger partial charge in [0.2, 0.25) is 11.8 Å². The SMILES string of the molecule is COc1cc(OC)nc(Oc2ccc(N)cc2)n1. The fourth-order valence-electron chi connectivity index (χ4n) is 1.28. The number of nitrogens with two attached hydrogens (primary N) is 1. The van der Waals surface area contributed by atoms with Crippen LogP contribution in [0.15, 0.2) is 30.3 Å². The van der Waals surface area contributed by atoms with Crippen LogP contribution in [0.25, 0.3) is 0 Å². The molecule has 0 radical (unpaired) electrons. The van der Waals surface area contributed by atoms with E-state index in [1.165, 1.54) is 14.2 Å². The number of hydrogen-bond donors (Lipinski definition) is 1. The summed E-state index contributed by atoms with van der Waals surface area (Å²) in [7, 11) is 3.02. The maximum absolute atomic E-state index is 5.58. The minimum atomic E-state index is 0.149. The minimum Gasteiger partial charge on any atom is -0.481 e. The quantitative estimate of drug-likeness (QED) is 0.831. The highest BCUT2D eigenvalue weighted by Gasteiger charge is 2.07. The number of ether oxygens (including phenoxy) is 3. The lowest BCUT2D eigenvalue weighted by Crippen LogP contribution is -1.98. The van der Waals surface area contributed by atoms with Gasteiger partial charge in [0.15, 0.2) is 0 Å². The van der Waals surface area contributed by atoms with Crippen molar-refractivity contribution in [3.05, 3.63) is 30.3 Å². The number of benzene rings is 1. The first-order chi connectivity index (χ1) is 8.71. The predicted molar refractivity (Wildman–Crippen MR) is 66.1 cm³/mol. The first-order valence-electron chi connectivity index (χ1n) is 5.21. The molecule has 94 valence electrons. The Morgan fingerprint density at radius 2 is 1.50 bits per heavy atom. The van der Waals surface area contributed by atoms with Crippen molar-refractivity contribution in [2.24, 2.45) is 0 Å². The highest BCUT2D eigenvalue weighted by Crippen LogP contribution is 2.23. The lowest BCUT2D eigenvalue weighted by Gasteiger charge is -2.07. The van der Waals surface area contributed by atoms with E-state index in [0.717, 1.165) is 0 Å². The van der Waals surface area contributed by atoms with Crippen molar-refractivity contribution in [2.45, 2.75) is 0 Å². The Bertz CT molecular complexity index is 506. The summed E-state index contributed by atoms with van der Waals surface area (Å²) in [5, 5.41) is 0. The van der Waals surface area contributed by atoms with Crippen LogP contribution < -0.4 is 19.9 Å². The van der Waals surface area contributed by atoms with Gasteiger partial charge in [0.05, 0.1) is 20.3 Å². The van der Waals surface area contributed by atoms with E-state index in [1.807, 2.05) is 0 Å². The van der Waals surface area contributed by atoms with E-state index < -0.39 is 0 Å². The highest BCUT2D eigenvalue weighted by atomic mass is 16.5. The van der Waals surface area contributed by atoms with Gasteiger partial charge in [0, 0.05) is 5.69 Å². The van der Waals surface area contributed by atoms with Gasteiger partial charge in [-0.05, 0) is 24.3 Å². The van der Waals surface area contributed by atoms with Gasteiger partial charge in [-0.2, -0.15) is 9.97 Å². The van der Waals surface area contributed by atoms with Crippen molar-refractivity contribution in [1.82, 2.24) is 9.97 Å². The molecule has 0 saturated heterocycles. The summed E-state index contributed by atoms with van der Waals surface area (Å²) in [6, 6.07) is 8.63. The molecule has 0 bridgehead atoms. The predicted octanol–water partition coefficient (Wildman–Crippen LogP) is 1.87. The van der Waals surface area contributed by atoms with Gasteiger partial charge in [0.25, 0.3) is 0 Å². The van der Waals surface area contributed by atoms with E-state index in [1.54, 1.807) is 30.3 Å². The number of nitrogens with zero attached hydrogens (tertiary/aromatic N) is 2. The fourth-order valence-corrected chi connectivity index (χ4v) is 1.28. The topological polar surface area (TPSA) is 79.5 Å². The van der Waals surface area contributed by atoms with E-state index in [9.17, 15) is 0 Å². The molecule has 2 rings (SSSR count). The van der Waals surface area contributed by atoms with E-state index in [0.29, 0.717) is 23.2 Å². The van der Waals surface area contributed by atoms with Crippen LogP contribution in [0.4, 0.5) is 5.69 Å². The molecule has 1 aromatic carbocycles. The van der Waals surface area contributed by atoms with Crippen molar-refractivity contribution in [3.63, 3.8) is 0 Å². The molecular weight excluding hydrogens is 234 g/mol. The molecule has 0 unspecified atom stereocenters. The molecule has 0 fully saturated rings. The zero-order valence-electron chi connectivity index (χ0n) is 10.1. The van der Waals surface area contributed by atoms with E-state index in [4.69, 9.17) is 19.9 Å². The Kier molecular flexibility index (Phi) is 3.47. The second-order valence-electron chi connectivity index (χ2n) is 3.41. The van der Waals surface area contributed by atoms with Crippen LogP contribution in [0.1, 0.15) is 0 Å². The maximum Gasteiger partial charge on any atom is 0.328 e. The number of aromatic nitrogens is 2. The Balaban J connectivity index is 2.25. The standard InChI is InChI=1S/C12H13N3O3/c1-16-10-7-11(17-2)15-12(14-10)18-9-5-3-8(13)4-6-9/h3-7H,13H2,1-2H3. The molecule has 0 aliphatic carbocycles. The van der Waals surface area contributed by atoms with Gasteiger partial charge in [-0.15, -0.1) is 0 Å². The van der Waals surface area contributed by atoms with Crippen LogP contribution in [0, 0.1) is 0 Å². The number of anilines is 1. The third-order valence-electron chi connectivity index (χ3n) is 2.17. The average molecular weight is 247 g/mol. The molecule has 0 atom stereocenters. The molecule has 18 heavy (non-hydrogen) atoms. The van der Waals surface area contributed by atoms with E-state index in [2.05, 4.69) is 9.97 Å². The molecule has 1 aromatic heterocycles. The Morgan fingerprint density at radius 1 is 0.944 bits per heavy atom. The molecule has 0 aliphatic heterocycles. The summed E-state index contributed by atoms with van der Waals surface area (Å²) < 4.78 is 15.5. The molecule has 1 heterocycles. The van der Waals surface area contributed by atoms with E-state index in [-0.39, 0.29) is 6.01 Å². The van der Waals surface area contributed by atoms with Crippen LogP contribution in [0.3, 0.4) is 0 Å². The largest absolute Gasteiger partial charge is 0.481 e. The Hall–Kier alpha value is -2.50. The molecule has 0 amide bonds. The minimum absolute atomic E-state index is 0.149. The van der Waals surface area contributed by atoms with Crippen LogP contribution in [-0.2, 0) is 0 Å². The second-order valence-corrected chi connectivity index (χ2v) is 3.41. The third kappa shape index (κ3) is 2.79. The van der Waals surface area contributed by atoms with Crippen LogP contribution >= 0.6 is 0 Å². The van der Waals surface area contributed by atoms with Gasteiger partial charge in [-0.3, -0.25) is 0 Å². The number of hydrogen-bond acceptors (Lipinski definition) is 6. The normalized spacial score (nSPS) is 9.89. The average Bonchev–Trinajstić information content (AvgIpc) is 2.41. The lowest BCUT2D eigenvalue weighted by atomic mass is 10.3. The summed E-state index contributed by atoms with van der Waals surface area (Å²) in [5.74, 6) is 1.32. The van der Waals surface area contributed by atoms with Crippen LogP contribution in [0.5, 0.6) is 23.5 Å². The van der Waals surface area contributed by atoms with Gasteiger partial charge in [0.1, 0.15) is 5.75 Å². The molecule has 0 spiro atoms. The highest BCUT2D eigenvalue weighted by molar-refractivity contribution is 5.42. The first-order valence-corrected chi connectivity index (χ1v) is 5.21. The van der Waals surface area contributed by atoms with Gasteiger partial charge < -0.3 is 19.9 Å². The van der Waals surface area contributed by atoms with Crippen molar-refractivity contribution >= 4 is 5.69 Å². The maximum atomic E-state index is 5.58. The third-order valence-corrected chi connectivity index (χ3v) is 2.17. The summed E-state index contributed by atoms with van der Waals surface area (Å²) >= 11 is 0. The Morgan fingerprint density at radius 3 is 2.00 bits per heavy atom. The molecule has 0 saturated carbocycles. The van der Waals surface area contributed by atoms with Crippen molar-refractivity contribution < 1.29 is 14.2 Å². The zero-order chi connectivity index (χ0) is 13.0. The van der Waals surface area contributed by atoms with Gasteiger partial charge >= 0.3 is 6.01 Å². The van der Waals surface area contributed by atoms with Crippen LogP contribution in [0.2, 0.25) is 0 Å². The smallest absolute Gasteiger partial charge is 0.328 e. The molecule has 6 heteroatoms. The number of rotatable bonds is 4. The Labute approximate surface area is 104 Å². The number of nitrogen functional groups attached to an aromatic ring is 1. The second kappa shape index (κ2) is 5.22. The summed E-state index contributed by atoms with van der Waals surface area (Å²) in [6.07, 6.45) is 0. The fraction of sp³-hybridized carbons (Fsp3) is 0.167. The zero-order valence-corrected chi connectivity index (χ0v) is 10.1. The van der Waals surface area contributed by atoms with Crippen molar-refractivity contribution in [2.75, 3.05) is 20.0 Å². The molecule has 2 aromatic rings. The first kappa shape index (κ1) is 12.0. The molecule has 6 nitrogen and oxygen atoms in total. The van der Waals surface area contributed by atoms with E-state index >= 15 is 0 Å². The monoisotopic (exact) mass is 247 g/mol. The molecular formula is C12H13N3O3. The van der Waals surface area contributed by atoms with Crippen molar-refractivity contribution in [1.29, 1.82) is 0 Å². The summed E-state index contributed by atoms with van der Waals surface area (Å²) in [5.41, 5.74) is 6.24. The van der Waals surface area contributed by atoms with Gasteiger partial charge in [-0.25, -0.2) is 0 Å². The van der Waals surface area contributed by atoms with Crippen LogP contribution in [-0.4, -0.2) is 24.2 Å². The summed E-state index contributed by atoms with van der Waals surface area (Å²) in [4.78, 5) is 8.10. The number of methoxy groups -OCH3 is 2. The lowest BCUT2D eigenvalue weighted by molar-refractivity contribution is 0.348. The van der Waals surface area contributed by atoms with Gasteiger partial charge in [-0.1, -0.05) is 0 Å². The summed E-state index contributed by atoms with van der Waals surface area (Å²) in [6.45, 7) is 0. The van der Waals surface area contributed by atoms with Crippen molar-refractivity contribution in [3.8, 4) is 23.5 Å². The molecule has 2 N–H and O–H groups in total. The molecule has 0 aliphatic rings.